The van der Waals surface area contributed by atoms with E-state index in [4.69, 9.17) is 9.84 Å². The Kier molecular flexibility index (Phi) is 4.48. The van der Waals surface area contributed by atoms with Crippen LogP contribution < -0.4 is 4.74 Å². The maximum Gasteiger partial charge on any atom is 0.343 e. The number of benzene rings is 2. The van der Waals surface area contributed by atoms with Crippen LogP contribution in [0.4, 0.5) is 0 Å². The second-order valence-electron chi connectivity index (χ2n) is 3.91. The van der Waals surface area contributed by atoms with Gasteiger partial charge in [-0.15, -0.1) is 0 Å². The summed E-state index contributed by atoms with van der Waals surface area (Å²) in [6.07, 6.45) is 3.44. The van der Waals surface area contributed by atoms with E-state index in [9.17, 15) is 4.79 Å². The van der Waals surface area contributed by atoms with Gasteiger partial charge >= 0.3 is 5.97 Å². The fraction of sp³-hybridized carbons (Fsp3) is 0.0625. The van der Waals surface area contributed by atoms with Gasteiger partial charge in [-0.05, 0) is 29.8 Å². The van der Waals surface area contributed by atoms with E-state index in [2.05, 4.69) is 0 Å². The first-order valence-corrected chi connectivity index (χ1v) is 5.94. The van der Waals surface area contributed by atoms with Gasteiger partial charge in [-0.25, -0.2) is 4.79 Å². The third-order valence-corrected chi connectivity index (χ3v) is 2.52. The monoisotopic (exact) mass is 254 g/mol. The van der Waals surface area contributed by atoms with E-state index in [-0.39, 0.29) is 12.6 Å². The van der Waals surface area contributed by atoms with Gasteiger partial charge in [-0.2, -0.15) is 0 Å². The molecule has 0 fully saturated rings. The number of aliphatic hydroxyl groups excluding tert-OH is 1. The quantitative estimate of drug-likeness (QED) is 0.674. The molecule has 2 rings (SSSR count). The molecular formula is C16H14O3. The molecule has 1 N–H and O–H groups in total. The molecular weight excluding hydrogens is 240 g/mol. The smallest absolute Gasteiger partial charge is 0.343 e. The number of carbonyl (C=O) groups is 1. The molecule has 0 saturated carbocycles. The van der Waals surface area contributed by atoms with Crippen molar-refractivity contribution in [2.45, 2.75) is 0 Å². The summed E-state index contributed by atoms with van der Waals surface area (Å²) in [5.41, 5.74) is 1.46. The predicted molar refractivity (Wildman–Crippen MR) is 74.0 cm³/mol. The van der Waals surface area contributed by atoms with Gasteiger partial charge in [-0.1, -0.05) is 42.5 Å². The Bertz CT molecular complexity index is 556. The van der Waals surface area contributed by atoms with Crippen molar-refractivity contribution in [1.82, 2.24) is 0 Å². The minimum absolute atomic E-state index is 0.00471. The zero-order valence-electron chi connectivity index (χ0n) is 10.3. The summed E-state index contributed by atoms with van der Waals surface area (Å²) in [6, 6.07) is 15.9. The third kappa shape index (κ3) is 3.79. The Morgan fingerprint density at radius 1 is 1.05 bits per heavy atom. The summed E-state index contributed by atoms with van der Waals surface area (Å²) in [4.78, 5) is 11.8. The first-order chi connectivity index (χ1) is 9.29. The average molecular weight is 254 g/mol. The summed E-state index contributed by atoms with van der Waals surface area (Å²) in [6.45, 7) is 0.00471. The molecule has 0 atom stereocenters. The maximum atomic E-state index is 11.8. The summed E-state index contributed by atoms with van der Waals surface area (Å²) in [7, 11) is 0. The molecule has 0 bridgehead atoms. The first-order valence-electron chi connectivity index (χ1n) is 5.94. The van der Waals surface area contributed by atoms with Gasteiger partial charge in [0.2, 0.25) is 0 Å². The Morgan fingerprint density at radius 2 is 1.74 bits per heavy atom. The second-order valence-corrected chi connectivity index (χ2v) is 3.91. The van der Waals surface area contributed by atoms with Crippen LogP contribution in [0.5, 0.6) is 5.75 Å². The number of hydrogen-bond donors (Lipinski definition) is 1. The molecule has 0 aliphatic carbocycles. The molecule has 2 aromatic carbocycles. The van der Waals surface area contributed by atoms with Gasteiger partial charge in [0.05, 0.1) is 12.2 Å². The SMILES string of the molecule is O=C(Oc1ccc(C=CCO)cc1)c1ccccc1. The molecule has 0 aliphatic heterocycles. The molecule has 0 aromatic heterocycles. The Labute approximate surface area is 111 Å². The van der Waals surface area contributed by atoms with Crippen molar-refractivity contribution in [3.63, 3.8) is 0 Å². The minimum atomic E-state index is -0.376. The molecule has 96 valence electrons. The van der Waals surface area contributed by atoms with E-state index in [1.165, 1.54) is 0 Å². The van der Waals surface area contributed by atoms with Crippen LogP contribution in [-0.2, 0) is 0 Å². The normalized spacial score (nSPS) is 10.6. The third-order valence-electron chi connectivity index (χ3n) is 2.52. The lowest BCUT2D eigenvalue weighted by molar-refractivity contribution is 0.0735. The largest absolute Gasteiger partial charge is 0.423 e. The zero-order chi connectivity index (χ0) is 13.5. The highest BCUT2D eigenvalue weighted by Gasteiger charge is 2.06. The van der Waals surface area contributed by atoms with Gasteiger partial charge in [0.1, 0.15) is 5.75 Å². The van der Waals surface area contributed by atoms with Crippen molar-refractivity contribution in [2.75, 3.05) is 6.61 Å². The first kappa shape index (κ1) is 13.1. The van der Waals surface area contributed by atoms with E-state index >= 15 is 0 Å². The van der Waals surface area contributed by atoms with Crippen LogP contribution in [0.2, 0.25) is 0 Å². The molecule has 0 heterocycles. The van der Waals surface area contributed by atoms with Gasteiger partial charge in [0.25, 0.3) is 0 Å². The molecule has 19 heavy (non-hydrogen) atoms. The van der Waals surface area contributed by atoms with Crippen LogP contribution in [0.25, 0.3) is 6.08 Å². The molecule has 0 amide bonds. The molecule has 3 heteroatoms. The number of esters is 1. The number of hydrogen-bond acceptors (Lipinski definition) is 3. The number of aliphatic hydroxyl groups is 1. The van der Waals surface area contributed by atoms with Crippen molar-refractivity contribution >= 4 is 12.0 Å². The Balaban J connectivity index is 2.04. The predicted octanol–water partition coefficient (Wildman–Crippen LogP) is 2.91. The Hall–Kier alpha value is -2.39. The number of carbonyl (C=O) groups excluding carboxylic acids is 1. The second kappa shape index (κ2) is 6.52. The van der Waals surface area contributed by atoms with E-state index in [0.717, 1.165) is 5.56 Å². The van der Waals surface area contributed by atoms with Crippen LogP contribution in [0.1, 0.15) is 15.9 Å². The van der Waals surface area contributed by atoms with Crippen molar-refractivity contribution in [3.05, 3.63) is 71.8 Å². The van der Waals surface area contributed by atoms with Crippen molar-refractivity contribution in [1.29, 1.82) is 0 Å². The van der Waals surface area contributed by atoms with Gasteiger partial charge in [-0.3, -0.25) is 0 Å². The fourth-order valence-electron chi connectivity index (χ4n) is 1.58. The molecule has 0 radical (unpaired) electrons. The standard InChI is InChI=1S/C16H14O3/c17-12-4-5-13-8-10-15(11-9-13)19-16(18)14-6-2-1-3-7-14/h1-11,17H,12H2. The highest BCUT2D eigenvalue weighted by molar-refractivity contribution is 5.90. The van der Waals surface area contributed by atoms with Gasteiger partial charge in [0, 0.05) is 0 Å². The molecule has 0 saturated heterocycles. The Morgan fingerprint density at radius 3 is 2.37 bits per heavy atom. The van der Waals surface area contributed by atoms with Crippen molar-refractivity contribution in [2.24, 2.45) is 0 Å². The fourth-order valence-corrected chi connectivity index (χ4v) is 1.58. The molecule has 0 unspecified atom stereocenters. The van der Waals surface area contributed by atoms with Crippen molar-refractivity contribution < 1.29 is 14.6 Å². The number of rotatable bonds is 4. The number of ether oxygens (including phenoxy) is 1. The molecule has 3 nitrogen and oxygen atoms in total. The zero-order valence-corrected chi connectivity index (χ0v) is 10.3. The topological polar surface area (TPSA) is 46.5 Å². The van der Waals surface area contributed by atoms with Crippen LogP contribution in [-0.4, -0.2) is 17.7 Å². The highest BCUT2D eigenvalue weighted by Crippen LogP contribution is 2.15. The summed E-state index contributed by atoms with van der Waals surface area (Å²) < 4.78 is 5.25. The van der Waals surface area contributed by atoms with E-state index in [0.29, 0.717) is 11.3 Å². The van der Waals surface area contributed by atoms with Crippen LogP contribution in [0.15, 0.2) is 60.7 Å². The van der Waals surface area contributed by atoms with Crippen LogP contribution >= 0.6 is 0 Å². The van der Waals surface area contributed by atoms with Gasteiger partial charge in [0.15, 0.2) is 0 Å². The summed E-state index contributed by atoms with van der Waals surface area (Å²) >= 11 is 0. The molecule has 0 spiro atoms. The lowest BCUT2D eigenvalue weighted by Crippen LogP contribution is -2.07. The summed E-state index contributed by atoms with van der Waals surface area (Å²) in [5, 5.41) is 8.67. The molecule has 2 aromatic rings. The summed E-state index contributed by atoms with van der Waals surface area (Å²) in [5.74, 6) is 0.120. The average Bonchev–Trinajstić information content (AvgIpc) is 2.47. The lowest BCUT2D eigenvalue weighted by atomic mass is 10.2. The van der Waals surface area contributed by atoms with E-state index in [1.807, 2.05) is 18.2 Å². The van der Waals surface area contributed by atoms with Gasteiger partial charge < -0.3 is 9.84 Å². The van der Waals surface area contributed by atoms with Crippen LogP contribution in [0.3, 0.4) is 0 Å². The van der Waals surface area contributed by atoms with E-state index < -0.39 is 0 Å². The maximum absolute atomic E-state index is 11.8. The minimum Gasteiger partial charge on any atom is -0.423 e. The van der Waals surface area contributed by atoms with E-state index in [1.54, 1.807) is 48.6 Å². The lowest BCUT2D eigenvalue weighted by Gasteiger charge is -2.04. The highest BCUT2D eigenvalue weighted by atomic mass is 16.5. The van der Waals surface area contributed by atoms with Crippen LogP contribution in [0, 0.1) is 0 Å². The molecule has 0 aliphatic rings. The van der Waals surface area contributed by atoms with Crippen molar-refractivity contribution in [3.8, 4) is 5.75 Å².